The summed E-state index contributed by atoms with van der Waals surface area (Å²) in [6.45, 7) is -0.522. The number of hydrogen-bond donors (Lipinski definition) is 2. The van der Waals surface area contributed by atoms with Gasteiger partial charge in [0, 0.05) is 11.4 Å². The summed E-state index contributed by atoms with van der Waals surface area (Å²) >= 11 is 23.5. The third-order valence-electron chi connectivity index (χ3n) is 3.35. The molecule has 0 radical (unpaired) electrons. The van der Waals surface area contributed by atoms with Crippen LogP contribution in [0.4, 0.5) is 11.4 Å². The van der Waals surface area contributed by atoms with Gasteiger partial charge in [0.2, 0.25) is 5.91 Å². The Bertz CT molecular complexity index is 905. The molecule has 0 aliphatic carbocycles. The van der Waals surface area contributed by atoms with Crippen molar-refractivity contribution in [1.82, 2.24) is 0 Å². The van der Waals surface area contributed by atoms with Crippen molar-refractivity contribution in [3.63, 3.8) is 0 Å². The van der Waals surface area contributed by atoms with Gasteiger partial charge in [0.1, 0.15) is 0 Å². The van der Waals surface area contributed by atoms with Crippen molar-refractivity contribution in [3.8, 4) is 0 Å². The van der Waals surface area contributed by atoms with Crippen molar-refractivity contribution in [2.45, 2.75) is 12.8 Å². The highest BCUT2D eigenvalue weighted by Gasteiger charge is 2.13. The molecule has 148 valence electrons. The summed E-state index contributed by atoms with van der Waals surface area (Å²) in [5, 5.41) is 6.21. The summed E-state index contributed by atoms with van der Waals surface area (Å²) in [6, 6.07) is 9.34. The Kier molecular flexibility index (Phi) is 8.38. The van der Waals surface area contributed by atoms with Gasteiger partial charge in [-0.15, -0.1) is 0 Å². The van der Waals surface area contributed by atoms with E-state index in [9.17, 15) is 14.4 Å². The normalized spacial score (nSPS) is 10.3. The lowest BCUT2D eigenvalue weighted by atomic mass is 10.2. The maximum atomic E-state index is 11.9. The predicted molar refractivity (Wildman–Crippen MR) is 110 cm³/mol. The fraction of sp³-hybridized carbons (Fsp3) is 0.167. The summed E-state index contributed by atoms with van der Waals surface area (Å²) in [5.74, 6) is -1.73. The van der Waals surface area contributed by atoms with Crippen molar-refractivity contribution < 1.29 is 19.1 Å². The van der Waals surface area contributed by atoms with Gasteiger partial charge in [-0.2, -0.15) is 0 Å². The third kappa shape index (κ3) is 6.87. The van der Waals surface area contributed by atoms with Gasteiger partial charge in [0.25, 0.3) is 5.91 Å². The topological polar surface area (TPSA) is 84.5 Å². The van der Waals surface area contributed by atoms with Crippen LogP contribution in [0.1, 0.15) is 12.8 Å². The molecule has 0 fully saturated rings. The van der Waals surface area contributed by atoms with Crippen LogP contribution in [-0.4, -0.2) is 24.4 Å². The van der Waals surface area contributed by atoms with E-state index in [4.69, 9.17) is 51.1 Å². The molecule has 2 amide bonds. The van der Waals surface area contributed by atoms with Crippen LogP contribution in [0, 0.1) is 0 Å². The average molecular weight is 464 g/mol. The SMILES string of the molecule is O=C(CCC(=O)OCC(=O)Nc1cccc(Cl)c1Cl)Nc1ccc(Cl)cc1Cl. The smallest absolute Gasteiger partial charge is 0.306 e. The van der Waals surface area contributed by atoms with E-state index in [1.807, 2.05) is 0 Å². The molecule has 0 saturated heterocycles. The average Bonchev–Trinajstić information content (AvgIpc) is 2.64. The van der Waals surface area contributed by atoms with E-state index >= 15 is 0 Å². The lowest BCUT2D eigenvalue weighted by molar-refractivity contribution is -0.147. The number of carbonyl (C=O) groups excluding carboxylic acids is 3. The second-order valence-corrected chi connectivity index (χ2v) is 7.11. The summed E-state index contributed by atoms with van der Waals surface area (Å²) in [5.41, 5.74) is 0.677. The minimum atomic E-state index is -0.704. The molecule has 6 nitrogen and oxygen atoms in total. The Labute approximate surface area is 181 Å². The zero-order valence-electron chi connectivity index (χ0n) is 14.2. The predicted octanol–water partition coefficient (Wildman–Crippen LogP) is 5.20. The maximum Gasteiger partial charge on any atom is 0.306 e. The van der Waals surface area contributed by atoms with Crippen molar-refractivity contribution in [3.05, 3.63) is 56.5 Å². The summed E-state index contributed by atoms with van der Waals surface area (Å²) in [4.78, 5) is 35.4. The lowest BCUT2D eigenvalue weighted by Gasteiger charge is -2.09. The number of amides is 2. The van der Waals surface area contributed by atoms with Crippen LogP contribution >= 0.6 is 46.4 Å². The van der Waals surface area contributed by atoms with Crippen LogP contribution in [0.15, 0.2) is 36.4 Å². The van der Waals surface area contributed by atoms with Crippen LogP contribution in [0.2, 0.25) is 20.1 Å². The highest BCUT2D eigenvalue weighted by molar-refractivity contribution is 6.44. The molecular formula is C18H14Cl4N2O4. The van der Waals surface area contributed by atoms with Gasteiger partial charge in [-0.1, -0.05) is 52.5 Å². The van der Waals surface area contributed by atoms with E-state index in [2.05, 4.69) is 10.6 Å². The van der Waals surface area contributed by atoms with Crippen molar-refractivity contribution in [1.29, 1.82) is 0 Å². The van der Waals surface area contributed by atoms with Crippen LogP contribution in [0.3, 0.4) is 0 Å². The lowest BCUT2D eigenvalue weighted by Crippen LogP contribution is -2.22. The first-order valence-corrected chi connectivity index (χ1v) is 9.42. The van der Waals surface area contributed by atoms with Gasteiger partial charge in [-0.05, 0) is 30.3 Å². The quantitative estimate of drug-likeness (QED) is 0.552. The Hall–Kier alpha value is -1.99. The van der Waals surface area contributed by atoms with E-state index < -0.39 is 24.4 Å². The Balaban J connectivity index is 1.74. The Morgan fingerprint density at radius 3 is 2.25 bits per heavy atom. The first-order chi connectivity index (χ1) is 13.3. The molecule has 2 N–H and O–H groups in total. The van der Waals surface area contributed by atoms with Crippen molar-refractivity contribution in [2.24, 2.45) is 0 Å². The number of esters is 1. The van der Waals surface area contributed by atoms with Crippen LogP contribution in [-0.2, 0) is 19.1 Å². The molecule has 28 heavy (non-hydrogen) atoms. The highest BCUT2D eigenvalue weighted by Crippen LogP contribution is 2.29. The number of halogens is 4. The van der Waals surface area contributed by atoms with Gasteiger partial charge in [-0.3, -0.25) is 14.4 Å². The molecule has 0 atom stereocenters. The number of ether oxygens (including phenoxy) is 1. The van der Waals surface area contributed by atoms with Gasteiger partial charge in [0.15, 0.2) is 6.61 Å². The largest absolute Gasteiger partial charge is 0.456 e. The second kappa shape index (κ2) is 10.5. The molecule has 0 bridgehead atoms. The molecule has 0 spiro atoms. The first kappa shape index (κ1) is 22.3. The number of hydrogen-bond acceptors (Lipinski definition) is 4. The maximum absolute atomic E-state index is 11.9. The van der Waals surface area contributed by atoms with Crippen LogP contribution in [0.5, 0.6) is 0 Å². The molecule has 2 aromatic rings. The van der Waals surface area contributed by atoms with E-state index in [0.29, 0.717) is 16.4 Å². The van der Waals surface area contributed by atoms with E-state index in [-0.39, 0.29) is 27.9 Å². The minimum absolute atomic E-state index is 0.139. The van der Waals surface area contributed by atoms with Crippen molar-refractivity contribution >= 4 is 75.6 Å². The molecule has 0 aromatic heterocycles. The van der Waals surface area contributed by atoms with Gasteiger partial charge in [0.05, 0.1) is 32.9 Å². The molecule has 0 saturated carbocycles. The molecule has 10 heteroatoms. The van der Waals surface area contributed by atoms with Gasteiger partial charge >= 0.3 is 5.97 Å². The Morgan fingerprint density at radius 2 is 1.54 bits per heavy atom. The number of benzene rings is 2. The monoisotopic (exact) mass is 462 g/mol. The zero-order valence-corrected chi connectivity index (χ0v) is 17.3. The van der Waals surface area contributed by atoms with Crippen molar-refractivity contribution in [2.75, 3.05) is 17.2 Å². The summed E-state index contributed by atoms with van der Waals surface area (Å²) in [6.07, 6.45) is -0.345. The van der Waals surface area contributed by atoms with E-state index in [1.165, 1.54) is 6.07 Å². The summed E-state index contributed by atoms with van der Waals surface area (Å²) < 4.78 is 4.84. The number of anilines is 2. The molecule has 2 rings (SSSR count). The fourth-order valence-corrected chi connectivity index (χ4v) is 2.83. The minimum Gasteiger partial charge on any atom is -0.456 e. The third-order valence-corrected chi connectivity index (χ3v) is 4.72. The zero-order chi connectivity index (χ0) is 20.7. The molecule has 0 heterocycles. The highest BCUT2D eigenvalue weighted by atomic mass is 35.5. The number of nitrogens with one attached hydrogen (secondary N) is 2. The summed E-state index contributed by atoms with van der Waals surface area (Å²) in [7, 11) is 0. The molecule has 2 aromatic carbocycles. The molecular weight excluding hydrogens is 450 g/mol. The van der Waals surface area contributed by atoms with Crippen LogP contribution in [0.25, 0.3) is 0 Å². The van der Waals surface area contributed by atoms with E-state index in [0.717, 1.165) is 0 Å². The van der Waals surface area contributed by atoms with Gasteiger partial charge in [-0.25, -0.2) is 0 Å². The fourth-order valence-electron chi connectivity index (χ4n) is 2.02. The van der Waals surface area contributed by atoms with E-state index in [1.54, 1.807) is 30.3 Å². The number of carbonyl (C=O) groups is 3. The second-order valence-electron chi connectivity index (χ2n) is 5.48. The molecule has 0 aliphatic heterocycles. The van der Waals surface area contributed by atoms with Crippen LogP contribution < -0.4 is 10.6 Å². The first-order valence-electron chi connectivity index (χ1n) is 7.90. The number of rotatable bonds is 7. The Morgan fingerprint density at radius 1 is 0.821 bits per heavy atom. The molecule has 0 aliphatic rings. The molecule has 0 unspecified atom stereocenters. The van der Waals surface area contributed by atoms with Gasteiger partial charge < -0.3 is 15.4 Å². The standard InChI is InChI=1S/C18H14Cl4N2O4/c19-10-4-5-13(12(21)8-10)23-15(25)6-7-17(27)28-9-16(26)24-14-3-1-2-11(20)18(14)22/h1-5,8H,6-7,9H2,(H,23,25)(H,24,26).